The molecule has 0 spiro atoms. The van der Waals surface area contributed by atoms with Gasteiger partial charge in [-0.2, -0.15) is 0 Å². The molecule has 0 radical (unpaired) electrons. The quantitative estimate of drug-likeness (QED) is 0.395. The van der Waals surface area contributed by atoms with Gasteiger partial charge in [0.15, 0.2) is 0 Å². The summed E-state index contributed by atoms with van der Waals surface area (Å²) in [5.41, 5.74) is 7.79. The molecule has 24 heavy (non-hydrogen) atoms. The lowest BCUT2D eigenvalue weighted by Crippen LogP contribution is -2.23. The molecule has 136 valence electrons. The Labute approximate surface area is 151 Å². The van der Waals surface area contributed by atoms with E-state index in [0.717, 1.165) is 34.6 Å². The third-order valence-electron chi connectivity index (χ3n) is 4.17. The van der Waals surface area contributed by atoms with Crippen LogP contribution in [0.3, 0.4) is 0 Å². The summed E-state index contributed by atoms with van der Waals surface area (Å²) in [5.74, 6) is 0.865. The molecule has 0 saturated carbocycles. The van der Waals surface area contributed by atoms with Crippen molar-refractivity contribution >= 4 is 18.5 Å². The number of rotatable bonds is 12. The summed E-state index contributed by atoms with van der Waals surface area (Å²) in [6.07, 6.45) is 8.44. The third kappa shape index (κ3) is 7.14. The van der Waals surface area contributed by atoms with Crippen LogP contribution in [-0.4, -0.2) is 19.6 Å². The van der Waals surface area contributed by atoms with Crippen molar-refractivity contribution in [3.8, 4) is 5.75 Å². The van der Waals surface area contributed by atoms with Crippen molar-refractivity contribution in [2.75, 3.05) is 13.7 Å². The van der Waals surface area contributed by atoms with Crippen molar-refractivity contribution in [1.82, 2.24) is 5.32 Å². The summed E-state index contributed by atoms with van der Waals surface area (Å²) in [5, 5.41) is 3.01. The number of nitrogens with two attached hydrogens (primary N) is 1. The molecule has 0 heterocycles. The highest BCUT2D eigenvalue weighted by molar-refractivity contribution is 7.80. The number of hydrogen-bond donors (Lipinski definition) is 3. The molecule has 1 rings (SSSR count). The summed E-state index contributed by atoms with van der Waals surface area (Å²) in [6, 6.07) is 3.89. The second-order valence-corrected chi connectivity index (χ2v) is 6.57. The maximum absolute atomic E-state index is 12.0. The van der Waals surface area contributed by atoms with Crippen molar-refractivity contribution < 1.29 is 9.53 Å². The normalized spacial score (nSPS) is 10.7. The molecule has 0 aromatic heterocycles. The van der Waals surface area contributed by atoms with Crippen LogP contribution in [0, 0.1) is 0 Å². The highest BCUT2D eigenvalue weighted by atomic mass is 32.1. The standard InChI is InChI=1S/C19H32N2O2S/c1-3-4-5-6-7-8-9-18(22)21-14-15-10-11-17(24)19(23-2)16(15)12-13-20/h10-11,24H,3-9,12-14,20H2,1-2H3,(H,21,22). The van der Waals surface area contributed by atoms with E-state index >= 15 is 0 Å². The number of methoxy groups -OCH3 is 1. The van der Waals surface area contributed by atoms with Crippen molar-refractivity contribution in [2.24, 2.45) is 5.73 Å². The highest BCUT2D eigenvalue weighted by Crippen LogP contribution is 2.30. The number of hydrogen-bond acceptors (Lipinski definition) is 4. The van der Waals surface area contributed by atoms with Gasteiger partial charge in [-0.05, 0) is 31.0 Å². The van der Waals surface area contributed by atoms with Gasteiger partial charge in [-0.3, -0.25) is 4.79 Å². The van der Waals surface area contributed by atoms with Gasteiger partial charge in [0.2, 0.25) is 5.91 Å². The van der Waals surface area contributed by atoms with E-state index in [-0.39, 0.29) is 5.91 Å². The van der Waals surface area contributed by atoms with Gasteiger partial charge in [0.1, 0.15) is 5.75 Å². The minimum Gasteiger partial charge on any atom is -0.495 e. The van der Waals surface area contributed by atoms with Crippen LogP contribution in [0.15, 0.2) is 17.0 Å². The molecule has 0 bridgehead atoms. The first kappa shape index (κ1) is 20.8. The number of ether oxygens (including phenoxy) is 1. The minimum atomic E-state index is 0.109. The summed E-state index contributed by atoms with van der Waals surface area (Å²) in [6.45, 7) is 3.25. The van der Waals surface area contributed by atoms with E-state index in [9.17, 15) is 4.79 Å². The number of benzene rings is 1. The number of carbonyl (C=O) groups is 1. The largest absolute Gasteiger partial charge is 0.495 e. The van der Waals surface area contributed by atoms with E-state index < -0.39 is 0 Å². The van der Waals surface area contributed by atoms with Crippen molar-refractivity contribution in [3.63, 3.8) is 0 Å². The zero-order valence-electron chi connectivity index (χ0n) is 15.1. The summed E-state index contributed by atoms with van der Waals surface area (Å²) < 4.78 is 5.44. The average molecular weight is 353 g/mol. The second-order valence-electron chi connectivity index (χ2n) is 6.09. The molecular formula is C19H32N2O2S. The van der Waals surface area contributed by atoms with Crippen LogP contribution in [-0.2, 0) is 17.8 Å². The van der Waals surface area contributed by atoms with Gasteiger partial charge in [-0.15, -0.1) is 12.6 Å². The lowest BCUT2D eigenvalue weighted by molar-refractivity contribution is -0.121. The summed E-state index contributed by atoms with van der Waals surface area (Å²) >= 11 is 4.42. The van der Waals surface area contributed by atoms with Crippen molar-refractivity contribution in [2.45, 2.75) is 69.7 Å². The number of amides is 1. The van der Waals surface area contributed by atoms with E-state index in [0.29, 0.717) is 25.9 Å². The zero-order chi connectivity index (χ0) is 17.8. The Balaban J connectivity index is 2.47. The Kier molecular flexibility index (Phi) is 10.6. The average Bonchev–Trinajstić information content (AvgIpc) is 2.58. The fraction of sp³-hybridized carbons (Fsp3) is 0.632. The van der Waals surface area contributed by atoms with Crippen LogP contribution in [0.5, 0.6) is 5.75 Å². The molecule has 1 aromatic rings. The van der Waals surface area contributed by atoms with Crippen LogP contribution in [0.4, 0.5) is 0 Å². The van der Waals surface area contributed by atoms with Crippen LogP contribution >= 0.6 is 12.6 Å². The fourth-order valence-corrected chi connectivity index (χ4v) is 3.12. The van der Waals surface area contributed by atoms with Gasteiger partial charge in [0, 0.05) is 23.4 Å². The maximum atomic E-state index is 12.0. The minimum absolute atomic E-state index is 0.109. The summed E-state index contributed by atoms with van der Waals surface area (Å²) in [4.78, 5) is 12.8. The molecule has 0 aliphatic rings. The van der Waals surface area contributed by atoms with Crippen molar-refractivity contribution in [1.29, 1.82) is 0 Å². The van der Waals surface area contributed by atoms with E-state index in [4.69, 9.17) is 10.5 Å². The predicted octanol–water partition coefficient (Wildman–Crippen LogP) is 3.85. The summed E-state index contributed by atoms with van der Waals surface area (Å²) in [7, 11) is 1.63. The number of carbonyl (C=O) groups excluding carboxylic acids is 1. The Hall–Kier alpha value is -1.20. The predicted molar refractivity (Wildman–Crippen MR) is 103 cm³/mol. The lowest BCUT2D eigenvalue weighted by atomic mass is 10.0. The topological polar surface area (TPSA) is 64.3 Å². The van der Waals surface area contributed by atoms with Gasteiger partial charge in [-0.25, -0.2) is 0 Å². The molecule has 5 heteroatoms. The van der Waals surface area contributed by atoms with Crippen molar-refractivity contribution in [3.05, 3.63) is 23.3 Å². The Bertz CT molecular complexity index is 506. The van der Waals surface area contributed by atoms with Crippen LogP contribution in [0.25, 0.3) is 0 Å². The Morgan fingerprint density at radius 1 is 1.21 bits per heavy atom. The Morgan fingerprint density at radius 2 is 1.92 bits per heavy atom. The van der Waals surface area contributed by atoms with Gasteiger partial charge < -0.3 is 15.8 Å². The van der Waals surface area contributed by atoms with Crippen LogP contribution in [0.2, 0.25) is 0 Å². The fourth-order valence-electron chi connectivity index (χ4n) is 2.82. The molecule has 3 N–H and O–H groups in total. The third-order valence-corrected chi connectivity index (χ3v) is 4.52. The van der Waals surface area contributed by atoms with E-state index in [2.05, 4.69) is 24.9 Å². The lowest BCUT2D eigenvalue weighted by Gasteiger charge is -2.16. The highest BCUT2D eigenvalue weighted by Gasteiger charge is 2.12. The van der Waals surface area contributed by atoms with Crippen LogP contribution in [0.1, 0.15) is 63.0 Å². The molecule has 0 atom stereocenters. The van der Waals surface area contributed by atoms with Gasteiger partial charge in [-0.1, -0.05) is 45.1 Å². The molecule has 0 saturated heterocycles. The molecule has 1 aromatic carbocycles. The van der Waals surface area contributed by atoms with E-state index in [1.165, 1.54) is 25.7 Å². The molecule has 0 aliphatic heterocycles. The molecular weight excluding hydrogens is 320 g/mol. The first-order valence-electron chi connectivity index (χ1n) is 8.98. The first-order chi connectivity index (χ1) is 11.6. The van der Waals surface area contributed by atoms with Gasteiger partial charge in [0.25, 0.3) is 0 Å². The second kappa shape index (κ2) is 12.2. The SMILES string of the molecule is CCCCCCCCC(=O)NCc1ccc(S)c(OC)c1CCN. The Morgan fingerprint density at radius 3 is 2.58 bits per heavy atom. The molecule has 0 aliphatic carbocycles. The van der Waals surface area contributed by atoms with Gasteiger partial charge in [0.05, 0.1) is 7.11 Å². The molecule has 0 fully saturated rings. The molecule has 0 unspecified atom stereocenters. The number of thiol groups is 1. The van der Waals surface area contributed by atoms with E-state index in [1.807, 2.05) is 12.1 Å². The van der Waals surface area contributed by atoms with Gasteiger partial charge >= 0.3 is 0 Å². The molecule has 1 amide bonds. The first-order valence-corrected chi connectivity index (χ1v) is 9.43. The van der Waals surface area contributed by atoms with Crippen LogP contribution < -0.4 is 15.8 Å². The monoisotopic (exact) mass is 352 g/mol. The number of nitrogens with one attached hydrogen (secondary N) is 1. The zero-order valence-corrected chi connectivity index (χ0v) is 16.0. The number of unbranched alkanes of at least 4 members (excludes halogenated alkanes) is 5. The smallest absolute Gasteiger partial charge is 0.220 e. The maximum Gasteiger partial charge on any atom is 0.220 e. The molecule has 4 nitrogen and oxygen atoms in total. The van der Waals surface area contributed by atoms with E-state index in [1.54, 1.807) is 7.11 Å².